The number of aromatic hydroxyl groups is 2. The Balaban J connectivity index is 1.07. The summed E-state index contributed by atoms with van der Waals surface area (Å²) in [6.45, 7) is 2.82. The van der Waals surface area contributed by atoms with Gasteiger partial charge in [0.15, 0.2) is 0 Å². The number of nitrogens with two attached hydrogens (primary N) is 2. The summed E-state index contributed by atoms with van der Waals surface area (Å²) in [5, 5.41) is 56.7. The van der Waals surface area contributed by atoms with Gasteiger partial charge in [0.1, 0.15) is 59.8 Å². The number of aromatic nitrogens is 1. The molecule has 0 aliphatic carbocycles. The van der Waals surface area contributed by atoms with Gasteiger partial charge in [-0.2, -0.15) is 0 Å². The van der Waals surface area contributed by atoms with Crippen molar-refractivity contribution in [3.05, 3.63) is 132 Å². The van der Waals surface area contributed by atoms with Crippen LogP contribution in [-0.2, 0) is 73.6 Å². The summed E-state index contributed by atoms with van der Waals surface area (Å²) in [6.07, 6.45) is 1.86. The van der Waals surface area contributed by atoms with Gasteiger partial charge in [0.25, 0.3) is 0 Å². The lowest BCUT2D eigenvalue weighted by atomic mass is 10.00. The molecule has 2 aliphatic heterocycles. The highest BCUT2D eigenvalue weighted by atomic mass is 16.4. The highest BCUT2D eigenvalue weighted by Gasteiger charge is 2.43. The molecule has 1 aromatic heterocycles. The van der Waals surface area contributed by atoms with Crippen LogP contribution in [0.15, 0.2) is 109 Å². The summed E-state index contributed by atoms with van der Waals surface area (Å²) in [4.78, 5) is 144. The summed E-state index contributed by atoms with van der Waals surface area (Å²) < 4.78 is 0. The van der Waals surface area contributed by atoms with Crippen molar-refractivity contribution in [2.24, 2.45) is 17.4 Å². The topological polar surface area (TPSA) is 398 Å². The van der Waals surface area contributed by atoms with Crippen molar-refractivity contribution in [2.75, 3.05) is 19.7 Å². The molecule has 464 valence electrons. The average molecular weight is 1200 g/mol. The van der Waals surface area contributed by atoms with Crippen LogP contribution in [0.25, 0.3) is 10.9 Å². The van der Waals surface area contributed by atoms with E-state index in [1.54, 1.807) is 36.5 Å². The largest absolute Gasteiger partial charge is 0.508 e. The standard InChI is InChI=1S/C62H77N11O14/c1-35(2)28-46(67-54(78)43(63)32-39-33-65-44-13-7-6-12-42(39)44)55(79)66-45(24-25-53(64)77)60(84)72-26-8-14-51(72)58(82)68-47(29-37-16-20-40(75)21-17-37)56(80)69-48(30-36-10-4-3-5-11-36)61(85)73-27-9-15-52(73)59(83)71-50(34-74)57(81)70-49(62(86)87)31-38-18-22-41(76)23-19-38/h3-7,10-13,16-23,33,35,43,45-52,65,74-76H,8-9,14-15,24-32,34,63H2,1-2H3,(H2,64,77)(H,66,79)(H,67,78)(H,68,82)(H,69,80)(H,70,81)(H,71,83)(H,86,87)/t43-,45-,46-,47-,48-,49-,50-,51-,52-/m0/s1. The van der Waals surface area contributed by atoms with Crippen molar-refractivity contribution in [1.82, 2.24) is 46.7 Å². The number of amides is 9. The molecular formula is C62H77N11O14. The zero-order valence-corrected chi connectivity index (χ0v) is 48.5. The van der Waals surface area contributed by atoms with Crippen LogP contribution in [0.3, 0.4) is 0 Å². The zero-order chi connectivity index (χ0) is 62.9. The molecule has 0 unspecified atom stereocenters. The number of primary amides is 1. The molecule has 2 fully saturated rings. The van der Waals surface area contributed by atoms with E-state index in [0.29, 0.717) is 29.5 Å². The predicted octanol–water partition coefficient (Wildman–Crippen LogP) is 0.456. The molecule has 3 heterocycles. The van der Waals surface area contributed by atoms with Crippen LogP contribution in [0.5, 0.6) is 11.5 Å². The third-order valence-corrected chi connectivity index (χ3v) is 15.5. The first-order valence-corrected chi connectivity index (χ1v) is 29.0. The maximum Gasteiger partial charge on any atom is 0.326 e. The van der Waals surface area contributed by atoms with E-state index in [4.69, 9.17) is 11.5 Å². The van der Waals surface area contributed by atoms with Gasteiger partial charge in [-0.1, -0.05) is 86.6 Å². The van der Waals surface area contributed by atoms with Gasteiger partial charge in [0, 0.05) is 55.9 Å². The van der Waals surface area contributed by atoms with E-state index in [-0.39, 0.29) is 88.3 Å². The summed E-state index contributed by atoms with van der Waals surface area (Å²) in [5.41, 5.74) is 15.2. The van der Waals surface area contributed by atoms with E-state index in [2.05, 4.69) is 36.9 Å². The third-order valence-electron chi connectivity index (χ3n) is 15.5. The molecule has 2 saturated heterocycles. The molecule has 25 nitrogen and oxygen atoms in total. The number of hydrogen-bond donors (Lipinski definition) is 13. The fraction of sp³-hybridized carbons (Fsp3) is 0.419. The fourth-order valence-corrected chi connectivity index (χ4v) is 10.9. The molecule has 9 atom stereocenters. The Morgan fingerprint density at radius 1 is 0.563 bits per heavy atom. The lowest BCUT2D eigenvalue weighted by Crippen LogP contribution is -2.61. The first-order chi connectivity index (χ1) is 41.6. The molecule has 5 aromatic rings. The number of aromatic amines is 1. The van der Waals surface area contributed by atoms with E-state index in [1.165, 1.54) is 58.3 Å². The van der Waals surface area contributed by atoms with Gasteiger partial charge in [-0.3, -0.25) is 43.2 Å². The van der Waals surface area contributed by atoms with Gasteiger partial charge in [-0.25, -0.2) is 4.79 Å². The van der Waals surface area contributed by atoms with E-state index in [0.717, 1.165) is 16.5 Å². The number of hydrogen-bond acceptors (Lipinski definition) is 14. The van der Waals surface area contributed by atoms with Crippen molar-refractivity contribution in [1.29, 1.82) is 0 Å². The van der Waals surface area contributed by atoms with Crippen LogP contribution in [0.4, 0.5) is 0 Å². The normalized spacial score (nSPS) is 17.2. The highest BCUT2D eigenvalue weighted by Crippen LogP contribution is 2.24. The number of carbonyl (C=O) groups excluding carboxylic acids is 9. The van der Waals surface area contributed by atoms with E-state index < -0.39 is 120 Å². The summed E-state index contributed by atoms with van der Waals surface area (Å²) in [7, 11) is 0. The molecule has 0 radical (unpaired) electrons. The maximum atomic E-state index is 14.9. The minimum Gasteiger partial charge on any atom is -0.508 e. The van der Waals surface area contributed by atoms with Crippen LogP contribution >= 0.6 is 0 Å². The molecule has 2 aliphatic rings. The molecule has 87 heavy (non-hydrogen) atoms. The Kier molecular flexibility index (Phi) is 23.0. The van der Waals surface area contributed by atoms with Crippen LogP contribution in [0, 0.1) is 5.92 Å². The molecular weight excluding hydrogens is 1120 g/mol. The lowest BCUT2D eigenvalue weighted by molar-refractivity contribution is -0.144. The van der Waals surface area contributed by atoms with Gasteiger partial charge in [-0.05, 0) is 103 Å². The Morgan fingerprint density at radius 2 is 1.03 bits per heavy atom. The number of phenolic OH excluding ortho intramolecular Hbond substituents is 2. The van der Waals surface area contributed by atoms with E-state index >= 15 is 0 Å². The number of likely N-dealkylation sites (tertiary alicyclic amines) is 2. The number of nitrogens with one attached hydrogen (secondary N) is 7. The number of H-pyrrole nitrogens is 1. The van der Waals surface area contributed by atoms with Gasteiger partial charge < -0.3 is 78.6 Å². The van der Waals surface area contributed by atoms with Crippen molar-refractivity contribution in [3.8, 4) is 11.5 Å². The van der Waals surface area contributed by atoms with Crippen LogP contribution in [0.2, 0.25) is 0 Å². The van der Waals surface area contributed by atoms with Crippen molar-refractivity contribution in [2.45, 2.75) is 139 Å². The number of phenols is 2. The van der Waals surface area contributed by atoms with Crippen LogP contribution in [-0.4, -0.2) is 168 Å². The molecule has 0 bridgehead atoms. The number of aliphatic carboxylic acids is 1. The lowest BCUT2D eigenvalue weighted by Gasteiger charge is -2.32. The second-order valence-electron chi connectivity index (χ2n) is 22.5. The quantitative estimate of drug-likeness (QED) is 0.0309. The molecule has 9 amide bonds. The average Bonchev–Trinajstić information content (AvgIpc) is 3.83. The number of carboxylic acid groups (broad SMARTS) is 1. The van der Waals surface area contributed by atoms with Crippen molar-refractivity contribution < 1.29 is 68.4 Å². The SMILES string of the molecule is CC(C)C[C@H](NC(=O)[C@@H](N)Cc1c[nH]c2ccccc12)C(=O)N[C@@H](CCC(N)=O)C(=O)N1CCC[C@H]1C(=O)N[C@@H](Cc1ccc(O)cc1)C(=O)N[C@@H](Cc1ccccc1)C(=O)N1CCC[C@H]1C(=O)N[C@@H](CO)C(=O)N[C@@H](Cc1ccc(O)cc1)C(=O)O. The second-order valence-corrected chi connectivity index (χ2v) is 22.5. The maximum absolute atomic E-state index is 14.9. The molecule has 4 aromatic carbocycles. The highest BCUT2D eigenvalue weighted by molar-refractivity contribution is 5.99. The van der Waals surface area contributed by atoms with E-state index in [9.17, 15) is 68.4 Å². The van der Waals surface area contributed by atoms with Crippen LogP contribution in [0.1, 0.15) is 81.0 Å². The Morgan fingerprint density at radius 3 is 1.60 bits per heavy atom. The monoisotopic (exact) mass is 1200 g/mol. The number of aliphatic hydroxyl groups is 1. The molecule has 25 heteroatoms. The minimum absolute atomic E-state index is 0.0371. The number of rotatable bonds is 29. The van der Waals surface area contributed by atoms with Gasteiger partial charge in [0.05, 0.1) is 12.6 Å². The predicted molar refractivity (Wildman–Crippen MR) is 317 cm³/mol. The number of fused-ring (bicyclic) bond motifs is 1. The van der Waals surface area contributed by atoms with Gasteiger partial charge >= 0.3 is 5.97 Å². The number of carbonyl (C=O) groups is 10. The first kappa shape index (κ1) is 65.2. The van der Waals surface area contributed by atoms with Gasteiger partial charge in [-0.15, -0.1) is 0 Å². The van der Waals surface area contributed by atoms with Crippen molar-refractivity contribution in [3.63, 3.8) is 0 Å². The number of nitrogens with zero attached hydrogens (tertiary/aromatic N) is 2. The summed E-state index contributed by atoms with van der Waals surface area (Å²) in [5.74, 6) is -8.68. The van der Waals surface area contributed by atoms with Gasteiger partial charge in [0.2, 0.25) is 53.2 Å². The summed E-state index contributed by atoms with van der Waals surface area (Å²) in [6, 6.07) is 15.7. The first-order valence-electron chi connectivity index (χ1n) is 29.0. The fourth-order valence-electron chi connectivity index (χ4n) is 10.9. The number of para-hydroxylation sites is 1. The molecule has 7 rings (SSSR count). The van der Waals surface area contributed by atoms with Crippen molar-refractivity contribution >= 4 is 70.0 Å². The minimum atomic E-state index is -1.64. The number of carboxylic acids is 1. The summed E-state index contributed by atoms with van der Waals surface area (Å²) >= 11 is 0. The molecule has 15 N–H and O–H groups in total. The zero-order valence-electron chi connectivity index (χ0n) is 48.5. The number of benzene rings is 4. The number of aliphatic hydroxyl groups excluding tert-OH is 1. The Hall–Kier alpha value is -9.36. The Labute approximate surface area is 502 Å². The van der Waals surface area contributed by atoms with Crippen LogP contribution < -0.4 is 43.4 Å². The smallest absolute Gasteiger partial charge is 0.326 e. The molecule has 0 spiro atoms. The third kappa shape index (κ3) is 18.1. The Bertz CT molecular complexity index is 3250. The molecule has 0 saturated carbocycles. The second kappa shape index (κ2) is 30.6. The van der Waals surface area contributed by atoms with E-state index in [1.807, 2.05) is 38.1 Å².